The van der Waals surface area contributed by atoms with Crippen LogP contribution >= 0.6 is 11.8 Å². The van der Waals surface area contributed by atoms with Gasteiger partial charge in [-0.05, 0) is 44.0 Å². The zero-order chi connectivity index (χ0) is 15.2. The summed E-state index contributed by atoms with van der Waals surface area (Å²) in [5.74, 6) is 0.507. The number of imidazole rings is 1. The maximum absolute atomic E-state index is 11.4. The van der Waals surface area contributed by atoms with E-state index in [1.165, 1.54) is 5.56 Å². The van der Waals surface area contributed by atoms with Crippen molar-refractivity contribution >= 4 is 28.7 Å². The number of H-pyrrole nitrogens is 1. The number of nitrogens with two attached hydrogens (primary N) is 1. The summed E-state index contributed by atoms with van der Waals surface area (Å²) in [4.78, 5) is 19.2. The Morgan fingerprint density at radius 2 is 2.33 bits per heavy atom. The molecule has 1 unspecified atom stereocenters. The van der Waals surface area contributed by atoms with Gasteiger partial charge in [-0.2, -0.15) is 0 Å². The average Bonchev–Trinajstić information content (AvgIpc) is 2.83. The summed E-state index contributed by atoms with van der Waals surface area (Å²) in [7, 11) is 0. The maximum atomic E-state index is 11.4. The molecule has 114 valence electrons. The molecule has 2 rings (SSSR count). The molecule has 0 aliphatic heterocycles. The number of hydrogen-bond acceptors (Lipinski definition) is 4. The number of benzene rings is 1. The van der Waals surface area contributed by atoms with Crippen LogP contribution in [-0.4, -0.2) is 34.2 Å². The largest absolute Gasteiger partial charge is 0.368 e. The summed E-state index contributed by atoms with van der Waals surface area (Å²) < 4.78 is 0. The van der Waals surface area contributed by atoms with Gasteiger partial charge in [-0.1, -0.05) is 24.8 Å². The highest BCUT2D eigenvalue weighted by Crippen LogP contribution is 2.21. The highest BCUT2D eigenvalue weighted by Gasteiger charge is 2.14. The van der Waals surface area contributed by atoms with Crippen LogP contribution in [-0.2, 0) is 4.79 Å². The molecule has 1 atom stereocenters. The Kier molecular flexibility index (Phi) is 5.64. The van der Waals surface area contributed by atoms with E-state index in [0.29, 0.717) is 6.42 Å². The molecule has 5 nitrogen and oxygen atoms in total. The minimum atomic E-state index is -0.288. The Hall–Kier alpha value is -1.53. The van der Waals surface area contributed by atoms with E-state index in [9.17, 15) is 4.79 Å². The Bertz CT molecular complexity index is 611. The minimum Gasteiger partial charge on any atom is -0.368 e. The molecule has 0 aliphatic carbocycles. The molecule has 0 radical (unpaired) electrons. The molecule has 6 heteroatoms. The fraction of sp³-hybridized carbons (Fsp3) is 0.467. The third kappa shape index (κ3) is 4.47. The smallest absolute Gasteiger partial charge is 0.234 e. The number of thioether (sulfide) groups is 1. The number of nitrogens with zero attached hydrogens (tertiary/aromatic N) is 1. The summed E-state index contributed by atoms with van der Waals surface area (Å²) >= 11 is 1.62. The standard InChI is InChI=1S/C15H22N4OS/c1-3-7-17-12(14(16)20)6-8-21-15-18-11-5-4-10(2)9-13(11)19-15/h4-5,9,12,17H,3,6-8H2,1-2H3,(H2,16,20)(H,18,19). The Morgan fingerprint density at radius 3 is 3.05 bits per heavy atom. The molecule has 1 aromatic heterocycles. The molecule has 0 saturated carbocycles. The molecule has 0 aliphatic rings. The van der Waals surface area contributed by atoms with Crippen molar-refractivity contribution in [1.82, 2.24) is 15.3 Å². The van der Waals surface area contributed by atoms with E-state index in [4.69, 9.17) is 5.73 Å². The molecule has 0 saturated heterocycles. The molecule has 2 aromatic rings. The second-order valence-electron chi connectivity index (χ2n) is 5.11. The van der Waals surface area contributed by atoms with E-state index in [2.05, 4.69) is 41.3 Å². The molecule has 1 aromatic carbocycles. The number of aryl methyl sites for hydroxylation is 1. The summed E-state index contributed by atoms with van der Waals surface area (Å²) in [6.07, 6.45) is 1.69. The summed E-state index contributed by atoms with van der Waals surface area (Å²) in [6, 6.07) is 5.89. The van der Waals surface area contributed by atoms with Crippen molar-refractivity contribution in [2.24, 2.45) is 5.73 Å². The molecule has 0 bridgehead atoms. The summed E-state index contributed by atoms with van der Waals surface area (Å²) in [6.45, 7) is 4.93. The van der Waals surface area contributed by atoms with Crippen LogP contribution in [0.4, 0.5) is 0 Å². The van der Waals surface area contributed by atoms with Crippen LogP contribution in [0.3, 0.4) is 0 Å². The molecule has 0 spiro atoms. The van der Waals surface area contributed by atoms with E-state index >= 15 is 0 Å². The van der Waals surface area contributed by atoms with Gasteiger partial charge in [-0.15, -0.1) is 0 Å². The number of fused-ring (bicyclic) bond motifs is 1. The van der Waals surface area contributed by atoms with E-state index in [1.807, 2.05) is 6.07 Å². The van der Waals surface area contributed by atoms with Gasteiger partial charge in [0.25, 0.3) is 0 Å². The van der Waals surface area contributed by atoms with Crippen LogP contribution in [0, 0.1) is 6.92 Å². The molecule has 0 fully saturated rings. The highest BCUT2D eigenvalue weighted by molar-refractivity contribution is 7.99. The Morgan fingerprint density at radius 1 is 1.52 bits per heavy atom. The topological polar surface area (TPSA) is 83.8 Å². The van der Waals surface area contributed by atoms with Gasteiger partial charge in [0.1, 0.15) is 0 Å². The molecule has 1 amide bonds. The lowest BCUT2D eigenvalue weighted by Gasteiger charge is -2.13. The number of nitrogens with one attached hydrogen (secondary N) is 2. The number of carbonyl (C=O) groups is 1. The summed E-state index contributed by atoms with van der Waals surface area (Å²) in [5, 5.41) is 4.05. The molecule has 1 heterocycles. The predicted molar refractivity (Wildman–Crippen MR) is 87.4 cm³/mol. The van der Waals surface area contributed by atoms with Crippen LogP contribution < -0.4 is 11.1 Å². The van der Waals surface area contributed by atoms with E-state index in [0.717, 1.165) is 34.9 Å². The van der Waals surface area contributed by atoms with Gasteiger partial charge in [-0.25, -0.2) is 4.98 Å². The van der Waals surface area contributed by atoms with Gasteiger partial charge in [0.05, 0.1) is 17.1 Å². The first-order chi connectivity index (χ1) is 10.1. The van der Waals surface area contributed by atoms with Crippen molar-refractivity contribution in [3.8, 4) is 0 Å². The first-order valence-electron chi connectivity index (χ1n) is 7.22. The number of carbonyl (C=O) groups excluding carboxylic acids is 1. The number of amides is 1. The van der Waals surface area contributed by atoms with Gasteiger partial charge in [0.15, 0.2) is 5.16 Å². The zero-order valence-corrected chi connectivity index (χ0v) is 13.3. The SMILES string of the molecule is CCCNC(CCSc1nc2ccc(C)cc2[nH]1)C(N)=O. The molecular weight excluding hydrogens is 284 g/mol. The second kappa shape index (κ2) is 7.47. The average molecular weight is 306 g/mol. The quantitative estimate of drug-likeness (QED) is 0.653. The van der Waals surface area contributed by atoms with E-state index < -0.39 is 0 Å². The molecule has 4 N–H and O–H groups in total. The summed E-state index contributed by atoms with van der Waals surface area (Å²) in [5.41, 5.74) is 8.63. The predicted octanol–water partition coefficient (Wildman–Crippen LogP) is 2.21. The number of aromatic nitrogens is 2. The lowest BCUT2D eigenvalue weighted by molar-refractivity contribution is -0.120. The lowest BCUT2D eigenvalue weighted by Crippen LogP contribution is -2.41. The maximum Gasteiger partial charge on any atom is 0.234 e. The Balaban J connectivity index is 1.90. The van der Waals surface area contributed by atoms with Crippen molar-refractivity contribution in [1.29, 1.82) is 0 Å². The van der Waals surface area contributed by atoms with Crippen molar-refractivity contribution in [2.75, 3.05) is 12.3 Å². The van der Waals surface area contributed by atoms with Crippen molar-refractivity contribution in [3.05, 3.63) is 23.8 Å². The van der Waals surface area contributed by atoms with Gasteiger partial charge in [0, 0.05) is 5.75 Å². The van der Waals surface area contributed by atoms with Crippen molar-refractivity contribution in [3.63, 3.8) is 0 Å². The van der Waals surface area contributed by atoms with Gasteiger partial charge >= 0.3 is 0 Å². The van der Waals surface area contributed by atoms with Gasteiger partial charge in [0.2, 0.25) is 5.91 Å². The third-order valence-electron chi connectivity index (χ3n) is 3.25. The fourth-order valence-electron chi connectivity index (χ4n) is 2.11. The molecular formula is C15H22N4OS. The highest BCUT2D eigenvalue weighted by atomic mass is 32.2. The second-order valence-corrected chi connectivity index (χ2v) is 6.19. The lowest BCUT2D eigenvalue weighted by atomic mass is 10.2. The minimum absolute atomic E-state index is 0.260. The fourth-order valence-corrected chi connectivity index (χ4v) is 3.00. The number of hydrogen-bond donors (Lipinski definition) is 3. The number of aromatic amines is 1. The normalized spacial score (nSPS) is 12.7. The number of rotatable bonds is 8. The molecule has 21 heavy (non-hydrogen) atoms. The van der Waals surface area contributed by atoms with Crippen LogP contribution in [0.1, 0.15) is 25.3 Å². The number of primary amides is 1. The van der Waals surface area contributed by atoms with Crippen molar-refractivity contribution < 1.29 is 4.79 Å². The third-order valence-corrected chi connectivity index (χ3v) is 4.15. The van der Waals surface area contributed by atoms with Crippen LogP contribution in [0.25, 0.3) is 11.0 Å². The first kappa shape index (κ1) is 15.9. The Labute approximate surface area is 129 Å². The van der Waals surface area contributed by atoms with E-state index in [-0.39, 0.29) is 11.9 Å². The van der Waals surface area contributed by atoms with Crippen LogP contribution in [0.15, 0.2) is 23.4 Å². The first-order valence-corrected chi connectivity index (χ1v) is 8.20. The van der Waals surface area contributed by atoms with Gasteiger partial charge < -0.3 is 16.0 Å². The monoisotopic (exact) mass is 306 g/mol. The zero-order valence-electron chi connectivity index (χ0n) is 12.5. The van der Waals surface area contributed by atoms with E-state index in [1.54, 1.807) is 11.8 Å². The van der Waals surface area contributed by atoms with Crippen molar-refractivity contribution in [2.45, 2.75) is 37.9 Å². The van der Waals surface area contributed by atoms with Gasteiger partial charge in [-0.3, -0.25) is 4.79 Å². The van der Waals surface area contributed by atoms with Crippen LogP contribution in [0.5, 0.6) is 0 Å². The van der Waals surface area contributed by atoms with Crippen LogP contribution in [0.2, 0.25) is 0 Å².